The maximum atomic E-state index is 11.9. The molecule has 2 aromatic rings. The second-order valence-electron chi connectivity index (χ2n) is 6.34. The number of nitrogens with two attached hydrogens (primary N) is 1. The zero-order chi connectivity index (χ0) is 17.5. The van der Waals surface area contributed by atoms with E-state index in [2.05, 4.69) is 31.3 Å². The molecule has 1 unspecified atom stereocenters. The van der Waals surface area contributed by atoms with Crippen LogP contribution < -0.4 is 15.8 Å². The minimum atomic E-state index is -0.228. The van der Waals surface area contributed by atoms with Gasteiger partial charge in [0.15, 0.2) is 6.61 Å². The van der Waals surface area contributed by atoms with Crippen molar-refractivity contribution in [3.63, 3.8) is 0 Å². The van der Waals surface area contributed by atoms with Gasteiger partial charge < -0.3 is 15.8 Å². The van der Waals surface area contributed by atoms with Crippen molar-refractivity contribution in [3.8, 4) is 5.75 Å². The average Bonchev–Trinajstić information content (AvgIpc) is 2.58. The first-order valence-corrected chi connectivity index (χ1v) is 8.27. The van der Waals surface area contributed by atoms with E-state index in [1.54, 1.807) is 0 Å². The summed E-state index contributed by atoms with van der Waals surface area (Å²) in [6.07, 6.45) is 0. The fourth-order valence-corrected chi connectivity index (χ4v) is 2.37. The van der Waals surface area contributed by atoms with Gasteiger partial charge >= 0.3 is 0 Å². The molecule has 1 atom stereocenters. The van der Waals surface area contributed by atoms with Crippen LogP contribution in [0.5, 0.6) is 5.75 Å². The smallest absolute Gasteiger partial charge is 0.258 e. The summed E-state index contributed by atoms with van der Waals surface area (Å²) in [5.41, 5.74) is 9.53. The number of benzene rings is 2. The lowest BCUT2D eigenvalue weighted by Crippen LogP contribution is -2.35. The Morgan fingerprint density at radius 3 is 2.42 bits per heavy atom. The van der Waals surface area contributed by atoms with Crippen LogP contribution in [0.25, 0.3) is 0 Å². The lowest BCUT2D eigenvalue weighted by Gasteiger charge is -2.15. The third kappa shape index (κ3) is 5.39. The molecule has 0 spiro atoms. The van der Waals surface area contributed by atoms with Gasteiger partial charge in [-0.2, -0.15) is 0 Å². The van der Waals surface area contributed by atoms with Crippen LogP contribution in [0.4, 0.5) is 0 Å². The lowest BCUT2D eigenvalue weighted by atomic mass is 9.99. The first-order valence-electron chi connectivity index (χ1n) is 8.27. The molecule has 0 heterocycles. The van der Waals surface area contributed by atoms with Crippen molar-refractivity contribution in [2.75, 3.05) is 13.2 Å². The van der Waals surface area contributed by atoms with Crippen LogP contribution in [0.2, 0.25) is 0 Å². The van der Waals surface area contributed by atoms with Crippen LogP contribution in [0.3, 0.4) is 0 Å². The van der Waals surface area contributed by atoms with Crippen molar-refractivity contribution in [1.82, 2.24) is 5.32 Å². The van der Waals surface area contributed by atoms with Gasteiger partial charge in [-0.15, -0.1) is 0 Å². The highest BCUT2D eigenvalue weighted by molar-refractivity contribution is 5.77. The van der Waals surface area contributed by atoms with Crippen molar-refractivity contribution in [2.24, 2.45) is 5.73 Å². The Hall–Kier alpha value is -2.33. The maximum Gasteiger partial charge on any atom is 0.258 e. The van der Waals surface area contributed by atoms with Crippen molar-refractivity contribution in [1.29, 1.82) is 0 Å². The first kappa shape index (κ1) is 18.0. The summed E-state index contributed by atoms with van der Waals surface area (Å²) in [6.45, 7) is 6.67. The highest BCUT2D eigenvalue weighted by Crippen LogP contribution is 2.17. The number of hydrogen-bond acceptors (Lipinski definition) is 3. The number of aryl methyl sites for hydroxylation is 1. The number of ether oxygens (including phenoxy) is 1. The van der Waals surface area contributed by atoms with E-state index < -0.39 is 0 Å². The highest BCUT2D eigenvalue weighted by atomic mass is 16.5. The summed E-state index contributed by atoms with van der Waals surface area (Å²) >= 11 is 0. The Morgan fingerprint density at radius 2 is 1.79 bits per heavy atom. The summed E-state index contributed by atoms with van der Waals surface area (Å²) < 4.78 is 5.48. The third-order valence-electron chi connectivity index (χ3n) is 3.91. The van der Waals surface area contributed by atoms with E-state index in [1.165, 1.54) is 5.56 Å². The van der Waals surface area contributed by atoms with Gasteiger partial charge in [0.1, 0.15) is 5.75 Å². The average molecular weight is 326 g/mol. The molecule has 4 heteroatoms. The first-order chi connectivity index (χ1) is 11.5. The lowest BCUT2D eigenvalue weighted by molar-refractivity contribution is -0.123. The molecule has 0 saturated carbocycles. The molecule has 4 nitrogen and oxygen atoms in total. The summed E-state index contributed by atoms with van der Waals surface area (Å²) in [5.74, 6) is 1.01. The monoisotopic (exact) mass is 326 g/mol. The van der Waals surface area contributed by atoms with E-state index in [1.807, 2.05) is 43.3 Å². The Labute approximate surface area is 144 Å². The number of rotatable bonds is 7. The summed E-state index contributed by atoms with van der Waals surface area (Å²) in [4.78, 5) is 11.9. The molecule has 3 N–H and O–H groups in total. The normalized spacial score (nSPS) is 12.0. The number of carbonyl (C=O) groups excluding carboxylic acids is 1. The fraction of sp³-hybridized carbons (Fsp3) is 0.350. The van der Waals surface area contributed by atoms with Crippen LogP contribution in [-0.2, 0) is 4.79 Å². The molecule has 2 rings (SSSR count). The van der Waals surface area contributed by atoms with Gasteiger partial charge in [-0.25, -0.2) is 0 Å². The molecule has 0 saturated heterocycles. The minimum absolute atomic E-state index is 0.0114. The van der Waals surface area contributed by atoms with E-state index in [4.69, 9.17) is 10.5 Å². The quantitative estimate of drug-likeness (QED) is 0.820. The largest absolute Gasteiger partial charge is 0.484 e. The van der Waals surface area contributed by atoms with E-state index >= 15 is 0 Å². The van der Waals surface area contributed by atoms with Crippen molar-refractivity contribution in [2.45, 2.75) is 32.7 Å². The van der Waals surface area contributed by atoms with Crippen molar-refractivity contribution >= 4 is 5.91 Å². The van der Waals surface area contributed by atoms with E-state index in [9.17, 15) is 4.79 Å². The zero-order valence-corrected chi connectivity index (χ0v) is 14.6. The highest BCUT2D eigenvalue weighted by Gasteiger charge is 2.09. The van der Waals surface area contributed by atoms with Crippen molar-refractivity contribution < 1.29 is 9.53 Å². The van der Waals surface area contributed by atoms with E-state index in [0.717, 1.165) is 11.1 Å². The van der Waals surface area contributed by atoms with Gasteiger partial charge in [0.05, 0.1) is 0 Å². The molecule has 0 fully saturated rings. The van der Waals surface area contributed by atoms with Gasteiger partial charge in [-0.05, 0) is 41.7 Å². The number of carbonyl (C=O) groups is 1. The Balaban J connectivity index is 1.78. The molecule has 128 valence electrons. The third-order valence-corrected chi connectivity index (χ3v) is 3.91. The summed E-state index contributed by atoms with van der Waals surface area (Å²) in [5, 5.41) is 2.81. The van der Waals surface area contributed by atoms with Gasteiger partial charge in [0, 0.05) is 12.6 Å². The number of hydrogen-bond donors (Lipinski definition) is 2. The summed E-state index contributed by atoms with van der Waals surface area (Å²) in [7, 11) is 0. The molecule has 0 bridgehead atoms. The van der Waals surface area contributed by atoms with E-state index in [0.29, 0.717) is 18.2 Å². The second kappa shape index (κ2) is 8.50. The molecule has 1 amide bonds. The predicted molar refractivity (Wildman–Crippen MR) is 97.1 cm³/mol. The van der Waals surface area contributed by atoms with Crippen LogP contribution in [0.1, 0.15) is 42.5 Å². The van der Waals surface area contributed by atoms with Crippen molar-refractivity contribution in [3.05, 3.63) is 65.2 Å². The van der Waals surface area contributed by atoms with Crippen LogP contribution in [0, 0.1) is 6.92 Å². The number of amides is 1. The van der Waals surface area contributed by atoms with Gasteiger partial charge in [0.25, 0.3) is 5.91 Å². The summed E-state index contributed by atoms with van der Waals surface area (Å²) in [6, 6.07) is 15.6. The van der Waals surface area contributed by atoms with Crippen LogP contribution >= 0.6 is 0 Å². The van der Waals surface area contributed by atoms with E-state index in [-0.39, 0.29) is 18.6 Å². The molecule has 0 aliphatic rings. The molecule has 0 radical (unpaired) electrons. The molecule has 0 aliphatic carbocycles. The van der Waals surface area contributed by atoms with Gasteiger partial charge in [0.2, 0.25) is 0 Å². The molecule has 24 heavy (non-hydrogen) atoms. The SMILES string of the molecule is Cc1cccc(OCC(=O)NCC(N)c2ccc(C(C)C)cc2)c1. The molecule has 0 aliphatic heterocycles. The number of nitrogens with one attached hydrogen (secondary N) is 1. The fourth-order valence-electron chi connectivity index (χ4n) is 2.37. The van der Waals surface area contributed by atoms with Crippen LogP contribution in [0.15, 0.2) is 48.5 Å². The standard InChI is InChI=1S/C20H26N2O2/c1-14(2)16-7-9-17(10-8-16)19(21)12-22-20(23)13-24-18-6-4-5-15(3)11-18/h4-11,14,19H,12-13,21H2,1-3H3,(H,22,23). The topological polar surface area (TPSA) is 64.3 Å². The molecule has 0 aromatic heterocycles. The van der Waals surface area contributed by atoms with Crippen LogP contribution in [-0.4, -0.2) is 19.1 Å². The zero-order valence-electron chi connectivity index (χ0n) is 14.6. The Bertz CT molecular complexity index is 666. The minimum Gasteiger partial charge on any atom is -0.484 e. The Kier molecular flexibility index (Phi) is 6.38. The maximum absolute atomic E-state index is 11.9. The molecular weight excluding hydrogens is 300 g/mol. The molecular formula is C20H26N2O2. The van der Waals surface area contributed by atoms with Gasteiger partial charge in [-0.3, -0.25) is 4.79 Å². The van der Waals surface area contributed by atoms with Gasteiger partial charge in [-0.1, -0.05) is 50.2 Å². The Morgan fingerprint density at radius 1 is 1.12 bits per heavy atom. The second-order valence-corrected chi connectivity index (χ2v) is 6.34. The molecule has 2 aromatic carbocycles. The predicted octanol–water partition coefficient (Wildman–Crippen LogP) is 3.31.